The number of anilines is 1. The van der Waals surface area contributed by atoms with E-state index in [0.717, 1.165) is 5.69 Å². The van der Waals surface area contributed by atoms with Crippen molar-refractivity contribution >= 4 is 34.0 Å². The molecule has 5 nitrogen and oxygen atoms in total. The molecule has 1 N–H and O–H groups in total. The molecule has 0 saturated carbocycles. The summed E-state index contributed by atoms with van der Waals surface area (Å²) in [5.74, 6) is 0. The second kappa shape index (κ2) is 5.63. The molecule has 0 aliphatic carbocycles. The van der Waals surface area contributed by atoms with Gasteiger partial charge in [0.15, 0.2) is 0 Å². The Bertz CT molecular complexity index is 421. The van der Waals surface area contributed by atoms with Crippen LogP contribution in [0.5, 0.6) is 0 Å². The zero-order valence-electron chi connectivity index (χ0n) is 9.99. The Morgan fingerprint density at radius 1 is 1.53 bits per heavy atom. The van der Waals surface area contributed by atoms with E-state index in [1.165, 1.54) is 6.07 Å². The maximum absolute atomic E-state index is 10.7. The summed E-state index contributed by atoms with van der Waals surface area (Å²) in [5, 5.41) is 14.0. The highest BCUT2D eigenvalue weighted by Crippen LogP contribution is 2.25. The number of nitrogens with zero attached hydrogens (tertiary/aromatic N) is 1. The highest BCUT2D eigenvalue weighted by molar-refractivity contribution is 14.1. The molecule has 17 heavy (non-hydrogen) atoms. The van der Waals surface area contributed by atoms with Crippen LogP contribution in [0.4, 0.5) is 11.4 Å². The third-order valence-electron chi connectivity index (χ3n) is 2.13. The number of ether oxygens (including phenoxy) is 1. The summed E-state index contributed by atoms with van der Waals surface area (Å²) in [6.45, 7) is 4.57. The summed E-state index contributed by atoms with van der Waals surface area (Å²) in [5.41, 5.74) is 0.760. The number of halogens is 1. The summed E-state index contributed by atoms with van der Waals surface area (Å²) in [7, 11) is 1.64. The van der Waals surface area contributed by atoms with Crippen molar-refractivity contribution in [2.75, 3.05) is 19.0 Å². The predicted molar refractivity (Wildman–Crippen MR) is 75.4 cm³/mol. The van der Waals surface area contributed by atoms with Gasteiger partial charge in [-0.2, -0.15) is 0 Å². The zero-order chi connectivity index (χ0) is 13.1. The Kier molecular flexibility index (Phi) is 4.70. The lowest BCUT2D eigenvalue weighted by atomic mass is 10.1. The minimum atomic E-state index is -0.383. The van der Waals surface area contributed by atoms with Crippen molar-refractivity contribution in [3.8, 4) is 0 Å². The van der Waals surface area contributed by atoms with Crippen LogP contribution in [0.2, 0.25) is 0 Å². The van der Waals surface area contributed by atoms with E-state index in [1.807, 2.05) is 36.4 Å². The van der Waals surface area contributed by atoms with Crippen LogP contribution < -0.4 is 5.32 Å². The average Bonchev–Trinajstić information content (AvgIpc) is 2.15. The van der Waals surface area contributed by atoms with Crippen molar-refractivity contribution < 1.29 is 9.66 Å². The molecule has 0 heterocycles. The quantitative estimate of drug-likeness (QED) is 0.504. The van der Waals surface area contributed by atoms with E-state index in [1.54, 1.807) is 19.2 Å². The Balaban J connectivity index is 2.88. The fourth-order valence-electron chi connectivity index (χ4n) is 1.52. The minimum absolute atomic E-state index is 0.126. The van der Waals surface area contributed by atoms with Crippen molar-refractivity contribution in [2.45, 2.75) is 19.4 Å². The summed E-state index contributed by atoms with van der Waals surface area (Å²) in [6.07, 6.45) is 0. The molecular formula is C11H15IN2O3. The molecule has 0 amide bonds. The second-order valence-electron chi connectivity index (χ2n) is 4.37. The first-order valence-electron chi connectivity index (χ1n) is 5.07. The van der Waals surface area contributed by atoms with Crippen LogP contribution in [-0.2, 0) is 4.74 Å². The van der Waals surface area contributed by atoms with Gasteiger partial charge >= 0.3 is 0 Å². The van der Waals surface area contributed by atoms with Crippen molar-refractivity contribution in [2.24, 2.45) is 0 Å². The van der Waals surface area contributed by atoms with E-state index in [4.69, 9.17) is 4.74 Å². The van der Waals surface area contributed by atoms with Gasteiger partial charge in [0.05, 0.1) is 20.6 Å². The molecule has 0 bridgehead atoms. The fourth-order valence-corrected chi connectivity index (χ4v) is 2.23. The number of nitro benzene ring substituents is 1. The molecule has 6 heteroatoms. The molecule has 0 aromatic heterocycles. The molecule has 1 rings (SSSR count). The van der Waals surface area contributed by atoms with Crippen LogP contribution in [0, 0.1) is 13.7 Å². The monoisotopic (exact) mass is 350 g/mol. The van der Waals surface area contributed by atoms with Gasteiger partial charge in [0.25, 0.3) is 5.69 Å². The van der Waals surface area contributed by atoms with Gasteiger partial charge in [-0.05, 0) is 48.6 Å². The van der Waals surface area contributed by atoms with Crippen molar-refractivity contribution in [1.29, 1.82) is 0 Å². The van der Waals surface area contributed by atoms with Gasteiger partial charge in [-0.25, -0.2) is 0 Å². The van der Waals surface area contributed by atoms with Crippen LogP contribution in [0.25, 0.3) is 0 Å². The zero-order valence-corrected chi connectivity index (χ0v) is 12.1. The third-order valence-corrected chi connectivity index (χ3v) is 3.00. The van der Waals surface area contributed by atoms with E-state index in [0.29, 0.717) is 10.2 Å². The molecule has 1 aromatic carbocycles. The van der Waals surface area contributed by atoms with E-state index in [9.17, 15) is 10.1 Å². The van der Waals surface area contributed by atoms with Gasteiger partial charge in [-0.15, -0.1) is 0 Å². The molecule has 0 fully saturated rings. The molecule has 0 unspecified atom stereocenters. The SMILES string of the molecule is COCC(C)(C)Nc1ccc([N+](=O)[O-])c(I)c1. The summed E-state index contributed by atoms with van der Waals surface area (Å²) in [6, 6.07) is 4.97. The van der Waals surface area contributed by atoms with Crippen LogP contribution in [0.1, 0.15) is 13.8 Å². The number of nitro groups is 1. The third kappa shape index (κ3) is 4.12. The predicted octanol–water partition coefficient (Wildman–Crippen LogP) is 3.04. The molecule has 0 saturated heterocycles. The van der Waals surface area contributed by atoms with Crippen molar-refractivity contribution in [1.82, 2.24) is 0 Å². The number of hydrogen-bond donors (Lipinski definition) is 1. The first kappa shape index (κ1) is 14.2. The van der Waals surface area contributed by atoms with Gasteiger partial charge in [0.2, 0.25) is 0 Å². The molecule has 94 valence electrons. The standard InChI is InChI=1S/C11H15IN2O3/c1-11(2,7-17-3)13-8-4-5-10(14(15)16)9(12)6-8/h4-6,13H,7H2,1-3H3. The van der Waals surface area contributed by atoms with Gasteiger partial charge in [0, 0.05) is 18.9 Å². The Hall–Kier alpha value is -0.890. The van der Waals surface area contributed by atoms with E-state index in [2.05, 4.69) is 5.32 Å². The number of methoxy groups -OCH3 is 1. The van der Waals surface area contributed by atoms with Gasteiger partial charge in [-0.3, -0.25) is 10.1 Å². The van der Waals surface area contributed by atoms with Crippen LogP contribution in [0.15, 0.2) is 18.2 Å². The lowest BCUT2D eigenvalue weighted by molar-refractivity contribution is -0.385. The molecule has 0 aliphatic heterocycles. The maximum Gasteiger partial charge on any atom is 0.282 e. The highest BCUT2D eigenvalue weighted by atomic mass is 127. The Morgan fingerprint density at radius 3 is 2.65 bits per heavy atom. The molecule has 1 aromatic rings. The van der Waals surface area contributed by atoms with E-state index >= 15 is 0 Å². The largest absolute Gasteiger partial charge is 0.382 e. The average molecular weight is 350 g/mol. The van der Waals surface area contributed by atoms with Gasteiger partial charge in [-0.1, -0.05) is 0 Å². The Labute approximate surface area is 114 Å². The van der Waals surface area contributed by atoms with Gasteiger partial charge < -0.3 is 10.1 Å². The fraction of sp³-hybridized carbons (Fsp3) is 0.455. The summed E-state index contributed by atoms with van der Waals surface area (Å²) in [4.78, 5) is 10.3. The first-order valence-corrected chi connectivity index (χ1v) is 6.14. The topological polar surface area (TPSA) is 64.4 Å². The minimum Gasteiger partial charge on any atom is -0.382 e. The van der Waals surface area contributed by atoms with Crippen LogP contribution in [-0.4, -0.2) is 24.2 Å². The molecule has 0 spiro atoms. The second-order valence-corrected chi connectivity index (χ2v) is 5.53. The van der Waals surface area contributed by atoms with Crippen LogP contribution >= 0.6 is 22.6 Å². The lowest BCUT2D eigenvalue weighted by Crippen LogP contribution is -2.35. The summed E-state index contributed by atoms with van der Waals surface area (Å²) < 4.78 is 5.71. The Morgan fingerprint density at radius 2 is 2.18 bits per heavy atom. The van der Waals surface area contributed by atoms with Crippen LogP contribution in [0.3, 0.4) is 0 Å². The summed E-state index contributed by atoms with van der Waals surface area (Å²) >= 11 is 1.96. The number of nitrogens with one attached hydrogen (secondary N) is 1. The molecule has 0 atom stereocenters. The number of rotatable bonds is 5. The molecule has 0 radical (unpaired) electrons. The van der Waals surface area contributed by atoms with E-state index in [-0.39, 0.29) is 16.1 Å². The van der Waals surface area contributed by atoms with Crippen molar-refractivity contribution in [3.63, 3.8) is 0 Å². The molecular weight excluding hydrogens is 335 g/mol. The number of hydrogen-bond acceptors (Lipinski definition) is 4. The van der Waals surface area contributed by atoms with E-state index < -0.39 is 0 Å². The van der Waals surface area contributed by atoms with Crippen molar-refractivity contribution in [3.05, 3.63) is 31.9 Å². The smallest absolute Gasteiger partial charge is 0.282 e. The normalized spacial score (nSPS) is 11.3. The molecule has 0 aliphatic rings. The van der Waals surface area contributed by atoms with Gasteiger partial charge in [0.1, 0.15) is 0 Å². The highest BCUT2D eigenvalue weighted by Gasteiger charge is 2.18. The first-order chi connectivity index (χ1) is 7.85. The number of benzene rings is 1. The lowest BCUT2D eigenvalue weighted by Gasteiger charge is -2.26. The maximum atomic E-state index is 10.7.